The third-order valence-corrected chi connectivity index (χ3v) is 7.58. The van der Waals surface area contributed by atoms with Crippen molar-refractivity contribution in [2.45, 2.75) is 38.5 Å². The van der Waals surface area contributed by atoms with E-state index in [0.717, 1.165) is 16.7 Å². The zero-order valence-corrected chi connectivity index (χ0v) is 24.5. The predicted octanol–water partition coefficient (Wildman–Crippen LogP) is 4.90. The van der Waals surface area contributed by atoms with Gasteiger partial charge in [-0.2, -0.15) is 0 Å². The summed E-state index contributed by atoms with van der Waals surface area (Å²) >= 11 is 0. The Morgan fingerprint density at radius 3 is 2.14 bits per heavy atom. The molecule has 1 aliphatic rings. The van der Waals surface area contributed by atoms with Crippen LogP contribution in [0.4, 0.5) is 16.2 Å². The molecule has 0 aromatic heterocycles. The zero-order chi connectivity index (χ0) is 30.8. The van der Waals surface area contributed by atoms with Crippen LogP contribution >= 0.6 is 0 Å². The first kappa shape index (κ1) is 31.1. The number of carbonyl (C=O) groups excluding carboxylic acids is 3. The van der Waals surface area contributed by atoms with Crippen LogP contribution in [0.3, 0.4) is 0 Å². The number of methoxy groups -OCH3 is 1. The van der Waals surface area contributed by atoms with Gasteiger partial charge in [0, 0.05) is 44.2 Å². The Kier molecular flexibility index (Phi) is 10.7. The molecule has 4 rings (SSSR count). The van der Waals surface area contributed by atoms with Crippen LogP contribution in [0.5, 0.6) is 5.75 Å². The lowest BCUT2D eigenvalue weighted by Gasteiger charge is -2.24. The normalized spacial score (nSPS) is 13.9. The topological polar surface area (TPSA) is 128 Å². The number of carbonyl (C=O) groups is 4. The van der Waals surface area contributed by atoms with E-state index in [2.05, 4.69) is 10.6 Å². The Labute approximate surface area is 251 Å². The Morgan fingerprint density at radius 1 is 0.814 bits per heavy atom. The van der Waals surface area contributed by atoms with E-state index in [4.69, 9.17) is 4.74 Å². The number of amides is 4. The van der Waals surface area contributed by atoms with Crippen LogP contribution in [0.25, 0.3) is 0 Å². The van der Waals surface area contributed by atoms with Gasteiger partial charge in [0.2, 0.25) is 11.8 Å². The smallest absolute Gasteiger partial charge is 0.323 e. The number of urea groups is 1. The van der Waals surface area contributed by atoms with Crippen LogP contribution in [0.2, 0.25) is 0 Å². The van der Waals surface area contributed by atoms with Crippen LogP contribution in [0.15, 0.2) is 72.8 Å². The van der Waals surface area contributed by atoms with Gasteiger partial charge in [-0.3, -0.25) is 14.4 Å². The Hall–Kier alpha value is -4.86. The highest BCUT2D eigenvalue weighted by atomic mass is 16.5. The molecule has 0 bridgehead atoms. The van der Waals surface area contributed by atoms with Crippen LogP contribution in [0, 0.1) is 6.92 Å². The van der Waals surface area contributed by atoms with Gasteiger partial charge in [0.1, 0.15) is 5.75 Å². The molecule has 1 heterocycles. The van der Waals surface area contributed by atoms with E-state index >= 15 is 0 Å². The minimum atomic E-state index is -0.944. The fourth-order valence-corrected chi connectivity index (χ4v) is 5.22. The molecular formula is C33H38N4O6. The standard InChI is InChI=1S/C33H38N4O6/c1-23-9-6-7-12-27(23)34-33(42)35-28-14-13-24(19-29(28)43-2)20-30(38)36-15-8-16-37(18-17-36)31(39)21-26(22-32(40)41)25-10-4-3-5-11-25/h3-7,9-14,19,26H,8,15-18,20-22H2,1-2H3,(H,40,41)(H2,34,35,42). The summed E-state index contributed by atoms with van der Waals surface area (Å²) in [4.78, 5) is 53.9. The summed E-state index contributed by atoms with van der Waals surface area (Å²) in [6, 6.07) is 21.5. The summed E-state index contributed by atoms with van der Waals surface area (Å²) in [6.45, 7) is 3.73. The number of ether oxygens (including phenoxy) is 1. The van der Waals surface area contributed by atoms with E-state index in [1.54, 1.807) is 28.0 Å². The maximum atomic E-state index is 13.2. The second-order valence-corrected chi connectivity index (χ2v) is 10.6. The molecule has 1 fully saturated rings. The van der Waals surface area contributed by atoms with E-state index in [-0.39, 0.29) is 31.1 Å². The number of aliphatic carboxylic acids is 1. The summed E-state index contributed by atoms with van der Waals surface area (Å²) in [5.41, 5.74) is 3.69. The zero-order valence-electron chi connectivity index (χ0n) is 24.5. The van der Waals surface area contributed by atoms with Crippen molar-refractivity contribution >= 4 is 35.2 Å². The number of para-hydroxylation sites is 1. The lowest BCUT2D eigenvalue weighted by molar-refractivity contribution is -0.138. The molecule has 1 unspecified atom stereocenters. The number of benzene rings is 3. The molecule has 0 radical (unpaired) electrons. The van der Waals surface area contributed by atoms with Crippen molar-refractivity contribution in [2.24, 2.45) is 0 Å². The maximum Gasteiger partial charge on any atom is 0.323 e. The first-order valence-corrected chi connectivity index (χ1v) is 14.4. The van der Waals surface area contributed by atoms with Gasteiger partial charge in [-0.25, -0.2) is 4.79 Å². The van der Waals surface area contributed by atoms with Crippen molar-refractivity contribution in [1.29, 1.82) is 0 Å². The number of hydrogen-bond donors (Lipinski definition) is 3. The van der Waals surface area contributed by atoms with Gasteiger partial charge in [-0.1, -0.05) is 54.6 Å². The molecule has 1 aliphatic heterocycles. The van der Waals surface area contributed by atoms with E-state index < -0.39 is 17.9 Å². The fraction of sp³-hybridized carbons (Fsp3) is 0.333. The molecule has 0 spiro atoms. The molecular weight excluding hydrogens is 548 g/mol. The maximum absolute atomic E-state index is 13.2. The third kappa shape index (κ3) is 8.81. The number of aryl methyl sites for hydroxylation is 1. The summed E-state index contributed by atoms with van der Waals surface area (Å²) in [6.07, 6.45) is 0.764. The second-order valence-electron chi connectivity index (χ2n) is 10.6. The number of carboxylic acid groups (broad SMARTS) is 1. The van der Waals surface area contributed by atoms with Gasteiger partial charge >= 0.3 is 12.0 Å². The SMILES string of the molecule is COc1cc(CC(=O)N2CCCN(C(=O)CC(CC(=O)O)c3ccccc3)CC2)ccc1NC(=O)Nc1ccccc1C. The number of rotatable bonds is 10. The van der Waals surface area contributed by atoms with Gasteiger partial charge in [0.15, 0.2) is 0 Å². The lowest BCUT2D eigenvalue weighted by Crippen LogP contribution is -2.38. The Balaban J connectivity index is 1.32. The number of nitrogens with zero attached hydrogens (tertiary/aromatic N) is 2. The molecule has 1 atom stereocenters. The quantitative estimate of drug-likeness (QED) is 0.310. The molecule has 3 aromatic rings. The van der Waals surface area contributed by atoms with Gasteiger partial charge in [-0.15, -0.1) is 0 Å². The van der Waals surface area contributed by atoms with Crippen molar-refractivity contribution in [3.05, 3.63) is 89.5 Å². The molecule has 226 valence electrons. The lowest BCUT2D eigenvalue weighted by atomic mass is 9.92. The van der Waals surface area contributed by atoms with Crippen molar-refractivity contribution in [2.75, 3.05) is 43.9 Å². The highest BCUT2D eigenvalue weighted by molar-refractivity contribution is 6.01. The molecule has 0 saturated carbocycles. The molecule has 1 saturated heterocycles. The number of carboxylic acids is 1. The van der Waals surface area contributed by atoms with Crippen molar-refractivity contribution in [3.63, 3.8) is 0 Å². The highest BCUT2D eigenvalue weighted by Crippen LogP contribution is 2.27. The van der Waals surface area contributed by atoms with Gasteiger partial charge in [-0.05, 0) is 48.2 Å². The summed E-state index contributed by atoms with van der Waals surface area (Å²) in [5.74, 6) is -1.09. The molecule has 3 N–H and O–H groups in total. The third-order valence-electron chi connectivity index (χ3n) is 7.58. The monoisotopic (exact) mass is 586 g/mol. The summed E-state index contributed by atoms with van der Waals surface area (Å²) in [7, 11) is 1.50. The molecule has 4 amide bonds. The van der Waals surface area contributed by atoms with E-state index in [1.165, 1.54) is 7.11 Å². The number of anilines is 2. The first-order chi connectivity index (χ1) is 20.7. The minimum Gasteiger partial charge on any atom is -0.495 e. The van der Waals surface area contributed by atoms with E-state index in [9.17, 15) is 24.3 Å². The summed E-state index contributed by atoms with van der Waals surface area (Å²) in [5, 5.41) is 15.0. The van der Waals surface area contributed by atoms with Gasteiger partial charge in [0.25, 0.3) is 0 Å². The molecule has 3 aromatic carbocycles. The van der Waals surface area contributed by atoms with Crippen LogP contribution in [-0.4, -0.2) is 72.0 Å². The Bertz CT molecular complexity index is 1440. The Morgan fingerprint density at radius 2 is 1.47 bits per heavy atom. The fourth-order valence-electron chi connectivity index (χ4n) is 5.22. The predicted molar refractivity (Wildman–Crippen MR) is 164 cm³/mol. The molecule has 10 heteroatoms. The minimum absolute atomic E-state index is 0.0672. The average Bonchev–Trinajstić information content (AvgIpc) is 3.26. The van der Waals surface area contributed by atoms with Crippen molar-refractivity contribution < 1.29 is 29.0 Å². The average molecular weight is 587 g/mol. The molecule has 43 heavy (non-hydrogen) atoms. The van der Waals surface area contributed by atoms with Crippen LogP contribution in [-0.2, 0) is 20.8 Å². The number of nitrogens with one attached hydrogen (secondary N) is 2. The van der Waals surface area contributed by atoms with Crippen molar-refractivity contribution in [1.82, 2.24) is 9.80 Å². The van der Waals surface area contributed by atoms with Crippen LogP contribution < -0.4 is 15.4 Å². The number of hydrogen-bond acceptors (Lipinski definition) is 5. The van der Waals surface area contributed by atoms with E-state index in [1.807, 2.05) is 61.5 Å². The largest absolute Gasteiger partial charge is 0.495 e. The molecule has 0 aliphatic carbocycles. The highest BCUT2D eigenvalue weighted by Gasteiger charge is 2.26. The molecule has 10 nitrogen and oxygen atoms in total. The van der Waals surface area contributed by atoms with Crippen LogP contribution in [0.1, 0.15) is 41.9 Å². The first-order valence-electron chi connectivity index (χ1n) is 14.4. The van der Waals surface area contributed by atoms with Gasteiger partial charge < -0.3 is 30.3 Å². The van der Waals surface area contributed by atoms with E-state index in [0.29, 0.717) is 49.7 Å². The van der Waals surface area contributed by atoms with Gasteiger partial charge in [0.05, 0.1) is 25.6 Å². The van der Waals surface area contributed by atoms with Crippen molar-refractivity contribution in [3.8, 4) is 5.75 Å². The second kappa shape index (κ2) is 14.9. The summed E-state index contributed by atoms with van der Waals surface area (Å²) < 4.78 is 5.49.